The predicted octanol–water partition coefficient (Wildman–Crippen LogP) is 8.64. The quantitative estimate of drug-likeness (QED) is 0.133. The lowest BCUT2D eigenvalue weighted by Gasteiger charge is -2.53. The Balaban J connectivity index is 2.76. The van der Waals surface area contributed by atoms with Crippen molar-refractivity contribution in [2.24, 2.45) is 0 Å². The molecule has 0 bridgehead atoms. The van der Waals surface area contributed by atoms with Crippen molar-refractivity contribution in [1.82, 2.24) is 0 Å². The van der Waals surface area contributed by atoms with Gasteiger partial charge in [0.2, 0.25) is 0 Å². The summed E-state index contributed by atoms with van der Waals surface area (Å²) in [5.41, 5.74) is 0. The molecule has 0 aromatic heterocycles. The Morgan fingerprint density at radius 1 is 0.360 bits per heavy atom. The van der Waals surface area contributed by atoms with Gasteiger partial charge in [0, 0.05) is 0 Å². The zero-order valence-corrected chi connectivity index (χ0v) is 43.1. The maximum Gasteiger partial charge on any atom is 0.188 e. The first-order chi connectivity index (χ1) is 22.0. The molecule has 0 radical (unpaired) electrons. The zero-order chi connectivity index (χ0) is 39.1. The van der Waals surface area contributed by atoms with E-state index in [1.807, 2.05) is 0 Å². The van der Waals surface area contributed by atoms with E-state index in [1.165, 1.54) is 0 Å². The van der Waals surface area contributed by atoms with Gasteiger partial charge < -0.3 is 45.2 Å². The number of hydrogen-bond acceptors (Lipinski definition) is 10. The summed E-state index contributed by atoms with van der Waals surface area (Å²) in [6, 6.07) is 0. The van der Waals surface area contributed by atoms with Crippen LogP contribution in [0.2, 0.25) is 137 Å². The van der Waals surface area contributed by atoms with Gasteiger partial charge in [-0.15, -0.1) is 0 Å². The Morgan fingerprint density at radius 3 is 1.02 bits per heavy atom. The first-order valence-electron chi connectivity index (χ1n) is 18.7. The minimum absolute atomic E-state index is 0.300. The molecule has 2 heterocycles. The second kappa shape index (κ2) is 17.1. The Morgan fingerprint density at radius 2 is 0.660 bits per heavy atom. The van der Waals surface area contributed by atoms with E-state index in [2.05, 4.69) is 144 Å². The highest BCUT2D eigenvalue weighted by Crippen LogP contribution is 2.39. The van der Waals surface area contributed by atoms with E-state index in [9.17, 15) is 0 Å². The Kier molecular flexibility index (Phi) is 16.2. The van der Waals surface area contributed by atoms with Gasteiger partial charge in [0.15, 0.2) is 70.8 Å². The van der Waals surface area contributed by atoms with Crippen molar-refractivity contribution < 1.29 is 45.2 Å². The van der Waals surface area contributed by atoms with Crippen molar-refractivity contribution in [2.75, 3.05) is 6.61 Å². The van der Waals surface area contributed by atoms with E-state index < -0.39 is 95.2 Å². The zero-order valence-electron chi connectivity index (χ0n) is 36.1. The van der Waals surface area contributed by atoms with Gasteiger partial charge in [0.1, 0.15) is 36.6 Å². The lowest BCUT2D eigenvalue weighted by molar-refractivity contribution is -0.365. The smallest absolute Gasteiger partial charge is 0.188 e. The van der Waals surface area contributed by atoms with Crippen LogP contribution >= 0.6 is 0 Å². The van der Waals surface area contributed by atoms with E-state index in [-0.39, 0.29) is 24.4 Å². The summed E-state index contributed by atoms with van der Waals surface area (Å²) >= 11 is 0. The molecule has 5 unspecified atom stereocenters. The molecule has 0 amide bonds. The summed E-state index contributed by atoms with van der Waals surface area (Å²) in [4.78, 5) is 0. The van der Waals surface area contributed by atoms with Crippen LogP contribution < -0.4 is 0 Å². The minimum atomic E-state index is -2.17. The molecule has 0 N–H and O–H groups in total. The Hall–Kier alpha value is 1.12. The molecule has 50 heavy (non-hydrogen) atoms. The third kappa shape index (κ3) is 17.3. The van der Waals surface area contributed by atoms with E-state index in [4.69, 9.17) is 45.2 Å². The molecule has 298 valence electrons. The normalized spacial score (nSPS) is 32.8. The highest BCUT2D eigenvalue weighted by molar-refractivity contribution is 6.72. The molecule has 17 heteroatoms. The number of hydrogen-bond donors (Lipinski definition) is 0. The number of rotatable bonds is 17. The SMILES string of the molecule is CC1OC(O[C@@H]2O[C@H](CO[Si](C)(C)C)[C@@H](O[Si](C)(C)C)[C@H](O[Si](C)(C)C)[C@H]2O[Si](C)(C)C)C(O[Si](C)(C)C)C(O[Si](C)(C)C)C1O[Si](C)(C)C. The summed E-state index contributed by atoms with van der Waals surface area (Å²) in [6.45, 7) is 48.7. The van der Waals surface area contributed by atoms with Gasteiger partial charge in [-0.25, -0.2) is 0 Å². The molecule has 2 aliphatic heterocycles. The molecule has 10 atom stereocenters. The third-order valence-electron chi connectivity index (χ3n) is 7.21. The topological polar surface area (TPSA) is 92.3 Å². The maximum atomic E-state index is 7.12. The van der Waals surface area contributed by atoms with Gasteiger partial charge in [-0.1, -0.05) is 0 Å². The standard InChI is InChI=1S/C33H78O10Si7/c1-24-26(38-45(5,6)7)28(40-47(11,12)13)30(42-49(17,18)19)32(35-24)37-33-31(43-50(20,21)22)29(41-48(14,15)16)27(39-46(8,9)10)25(36-33)23-34-44(2,3)4/h24-33H,23H2,1-22H3/t24?,25-,26?,27-,28?,29+,30?,31-,32?,33+/m1/s1. The molecule has 10 nitrogen and oxygen atoms in total. The van der Waals surface area contributed by atoms with Crippen molar-refractivity contribution in [3.05, 3.63) is 0 Å². The first kappa shape index (κ1) is 47.3. The van der Waals surface area contributed by atoms with E-state index >= 15 is 0 Å². The maximum absolute atomic E-state index is 7.12. The van der Waals surface area contributed by atoms with Crippen LogP contribution in [-0.2, 0) is 45.2 Å². The van der Waals surface area contributed by atoms with Crippen LogP contribution in [0.4, 0.5) is 0 Å². The van der Waals surface area contributed by atoms with Crippen LogP contribution in [0.15, 0.2) is 0 Å². The molecule has 2 fully saturated rings. The molecule has 0 aromatic carbocycles. The summed E-state index contributed by atoms with van der Waals surface area (Å²) in [5, 5.41) is 0. The van der Waals surface area contributed by atoms with Gasteiger partial charge >= 0.3 is 0 Å². The fourth-order valence-electron chi connectivity index (χ4n) is 5.94. The monoisotopic (exact) mass is 830 g/mol. The van der Waals surface area contributed by atoms with Crippen molar-refractivity contribution in [2.45, 2.75) is 206 Å². The lowest BCUT2D eigenvalue weighted by atomic mass is 9.98. The summed E-state index contributed by atoms with van der Waals surface area (Å²) in [5.74, 6) is 0. The van der Waals surface area contributed by atoms with Crippen LogP contribution in [0.5, 0.6) is 0 Å². The van der Waals surface area contributed by atoms with Crippen LogP contribution in [0.1, 0.15) is 6.92 Å². The highest BCUT2D eigenvalue weighted by atomic mass is 28.4. The van der Waals surface area contributed by atoms with Crippen LogP contribution in [0, 0.1) is 0 Å². The van der Waals surface area contributed by atoms with Crippen LogP contribution in [0.3, 0.4) is 0 Å². The molecular formula is C33H78O10Si7. The van der Waals surface area contributed by atoms with Gasteiger partial charge in [0.05, 0.1) is 18.8 Å². The largest absolute Gasteiger partial charge is 0.415 e. The molecule has 0 aromatic rings. The molecule has 2 aliphatic rings. The van der Waals surface area contributed by atoms with E-state index in [1.54, 1.807) is 0 Å². The molecule has 0 aliphatic carbocycles. The third-order valence-corrected chi connectivity index (χ3v) is 14.1. The summed E-state index contributed by atoms with van der Waals surface area (Å²) < 4.78 is 69.5. The van der Waals surface area contributed by atoms with Crippen molar-refractivity contribution in [3.63, 3.8) is 0 Å². The first-order valence-corrected chi connectivity index (χ1v) is 42.6. The van der Waals surface area contributed by atoms with Crippen LogP contribution in [-0.4, -0.2) is 126 Å². The Bertz CT molecular complexity index is 1050. The highest BCUT2D eigenvalue weighted by Gasteiger charge is 2.56. The number of ether oxygens (including phenoxy) is 3. The average Bonchev–Trinajstić information content (AvgIpc) is 2.81. The fraction of sp³-hybridized carbons (Fsp3) is 1.00. The van der Waals surface area contributed by atoms with Gasteiger partial charge in [-0.05, 0) is 144 Å². The molecule has 2 saturated heterocycles. The molecule has 0 saturated carbocycles. The summed E-state index contributed by atoms with van der Waals surface area (Å²) in [7, 11) is -14.5. The lowest BCUT2D eigenvalue weighted by Crippen LogP contribution is -2.69. The second-order valence-electron chi connectivity index (χ2n) is 21.0. The van der Waals surface area contributed by atoms with Crippen LogP contribution in [0.25, 0.3) is 0 Å². The van der Waals surface area contributed by atoms with Gasteiger partial charge in [-0.3, -0.25) is 0 Å². The average molecular weight is 832 g/mol. The predicted molar refractivity (Wildman–Crippen MR) is 223 cm³/mol. The molecule has 2 rings (SSSR count). The van der Waals surface area contributed by atoms with Crippen molar-refractivity contribution in [3.8, 4) is 0 Å². The fourth-order valence-corrected chi connectivity index (χ4v) is 13.1. The van der Waals surface area contributed by atoms with E-state index in [0.717, 1.165) is 0 Å². The minimum Gasteiger partial charge on any atom is -0.415 e. The second-order valence-corrected chi connectivity index (χ2v) is 52.3. The van der Waals surface area contributed by atoms with E-state index in [0.29, 0.717) is 6.61 Å². The van der Waals surface area contributed by atoms with Gasteiger partial charge in [0.25, 0.3) is 0 Å². The Labute approximate surface area is 314 Å². The summed E-state index contributed by atoms with van der Waals surface area (Å²) in [6.07, 6.45) is -4.95. The van der Waals surface area contributed by atoms with Crippen molar-refractivity contribution in [1.29, 1.82) is 0 Å². The van der Waals surface area contributed by atoms with Gasteiger partial charge in [-0.2, -0.15) is 0 Å². The van der Waals surface area contributed by atoms with Crippen molar-refractivity contribution >= 4 is 58.2 Å². The molecular weight excluding hydrogens is 753 g/mol. The molecule has 0 spiro atoms.